The van der Waals surface area contributed by atoms with Gasteiger partial charge in [0.15, 0.2) is 5.65 Å². The summed E-state index contributed by atoms with van der Waals surface area (Å²) in [7, 11) is 0. The number of rotatable bonds is 5. The maximum absolute atomic E-state index is 13.0. The molecule has 164 valence electrons. The van der Waals surface area contributed by atoms with E-state index in [1.54, 1.807) is 6.20 Å². The topological polar surface area (TPSA) is 110 Å². The Hall–Kier alpha value is -3.27. The van der Waals surface area contributed by atoms with E-state index in [1.165, 1.54) is 6.20 Å². The third kappa shape index (κ3) is 4.15. The third-order valence-corrected chi connectivity index (χ3v) is 5.53. The zero-order chi connectivity index (χ0) is 22.1. The molecule has 3 aromatic rings. The summed E-state index contributed by atoms with van der Waals surface area (Å²) in [6.45, 7) is 11.9. The minimum atomic E-state index is -0.375. The summed E-state index contributed by atoms with van der Waals surface area (Å²) in [6.07, 6.45) is 5.15. The second-order valence-electron chi connectivity index (χ2n) is 7.78. The Morgan fingerprint density at radius 1 is 1.26 bits per heavy atom. The molecule has 0 radical (unpaired) electrons. The van der Waals surface area contributed by atoms with Gasteiger partial charge in [0.25, 0.3) is 5.91 Å². The average Bonchev–Trinajstić information content (AvgIpc) is 3.11. The molecule has 31 heavy (non-hydrogen) atoms. The highest BCUT2D eigenvalue weighted by molar-refractivity contribution is 6.05. The zero-order valence-electron chi connectivity index (χ0n) is 18.5. The molecule has 0 bridgehead atoms. The number of nitrogens with one attached hydrogen (secondary N) is 2. The van der Waals surface area contributed by atoms with Crippen molar-refractivity contribution in [3.8, 4) is 5.88 Å². The van der Waals surface area contributed by atoms with E-state index in [0.717, 1.165) is 30.1 Å². The van der Waals surface area contributed by atoms with Gasteiger partial charge in [-0.15, -0.1) is 0 Å². The number of anilines is 2. The molecule has 0 aromatic carbocycles. The van der Waals surface area contributed by atoms with Gasteiger partial charge in [-0.3, -0.25) is 4.79 Å². The Labute approximate surface area is 181 Å². The van der Waals surface area contributed by atoms with Gasteiger partial charge in [0.1, 0.15) is 11.4 Å². The number of aryl methyl sites for hydroxylation is 2. The third-order valence-electron chi connectivity index (χ3n) is 5.53. The van der Waals surface area contributed by atoms with Gasteiger partial charge in [-0.2, -0.15) is 4.98 Å². The van der Waals surface area contributed by atoms with E-state index >= 15 is 0 Å². The number of carbonyl (C=O) groups excluding carboxylic acids is 1. The summed E-state index contributed by atoms with van der Waals surface area (Å²) < 4.78 is 7.55. The van der Waals surface area contributed by atoms with E-state index in [-0.39, 0.29) is 23.4 Å². The van der Waals surface area contributed by atoms with Gasteiger partial charge in [-0.1, -0.05) is 0 Å². The fourth-order valence-electron chi connectivity index (χ4n) is 3.75. The highest BCUT2D eigenvalue weighted by Gasteiger charge is 2.28. The molecule has 1 saturated heterocycles. The summed E-state index contributed by atoms with van der Waals surface area (Å²) >= 11 is 0. The van der Waals surface area contributed by atoms with Crippen LogP contribution in [0.3, 0.4) is 0 Å². The SMILES string of the molecule is CCOc1nc(N2CCNC(C)C2C)ncc1C(=O)Nc1cn2cc(C)nc2c(C)n1. The van der Waals surface area contributed by atoms with Gasteiger partial charge in [0.05, 0.1) is 24.2 Å². The maximum atomic E-state index is 13.0. The molecule has 10 nitrogen and oxygen atoms in total. The fourth-order valence-corrected chi connectivity index (χ4v) is 3.75. The van der Waals surface area contributed by atoms with Crippen molar-refractivity contribution in [1.29, 1.82) is 0 Å². The lowest BCUT2D eigenvalue weighted by atomic mass is 10.1. The lowest BCUT2D eigenvalue weighted by molar-refractivity contribution is 0.102. The Kier molecular flexibility index (Phi) is 5.73. The smallest absolute Gasteiger partial charge is 0.263 e. The summed E-state index contributed by atoms with van der Waals surface area (Å²) in [6, 6.07) is 0.535. The summed E-state index contributed by atoms with van der Waals surface area (Å²) in [5.41, 5.74) is 2.64. The van der Waals surface area contributed by atoms with Crippen LogP contribution in [-0.2, 0) is 0 Å². The molecule has 0 saturated carbocycles. The first-order chi connectivity index (χ1) is 14.9. The molecule has 1 amide bonds. The Bertz CT molecular complexity index is 1110. The van der Waals surface area contributed by atoms with E-state index in [4.69, 9.17) is 4.74 Å². The van der Waals surface area contributed by atoms with Crippen LogP contribution in [0.4, 0.5) is 11.8 Å². The first kappa shape index (κ1) is 21.0. The van der Waals surface area contributed by atoms with Crippen molar-refractivity contribution < 1.29 is 9.53 Å². The summed E-state index contributed by atoms with van der Waals surface area (Å²) in [5, 5.41) is 6.27. The van der Waals surface area contributed by atoms with Crippen LogP contribution in [0.15, 0.2) is 18.6 Å². The molecule has 1 fully saturated rings. The molecule has 1 aliphatic rings. The standard InChI is InChI=1S/C21H28N8O2/c1-6-31-20-16(9-23-21(27-20)29-8-7-22-13(3)15(29)5)19(30)26-17-11-28-10-12(2)24-18(28)14(4)25-17/h9-11,13,15,22H,6-8H2,1-5H3,(H,26,30). The number of hydrogen-bond acceptors (Lipinski definition) is 8. The molecular weight excluding hydrogens is 396 g/mol. The van der Waals surface area contributed by atoms with Crippen molar-refractivity contribution in [2.24, 2.45) is 0 Å². The van der Waals surface area contributed by atoms with Crippen molar-refractivity contribution >= 4 is 23.3 Å². The highest BCUT2D eigenvalue weighted by Crippen LogP contribution is 2.23. The van der Waals surface area contributed by atoms with Gasteiger partial charge < -0.3 is 24.7 Å². The molecule has 4 heterocycles. The molecule has 4 rings (SSSR count). The molecule has 0 spiro atoms. The predicted octanol–water partition coefficient (Wildman–Crippen LogP) is 1.97. The van der Waals surface area contributed by atoms with Crippen molar-refractivity contribution in [3.05, 3.63) is 35.5 Å². The molecule has 10 heteroatoms. The molecular formula is C21H28N8O2. The van der Waals surface area contributed by atoms with Crippen molar-refractivity contribution in [3.63, 3.8) is 0 Å². The maximum Gasteiger partial charge on any atom is 0.263 e. The quantitative estimate of drug-likeness (QED) is 0.640. The highest BCUT2D eigenvalue weighted by atomic mass is 16.5. The summed E-state index contributed by atoms with van der Waals surface area (Å²) in [4.78, 5) is 33.1. The summed E-state index contributed by atoms with van der Waals surface area (Å²) in [5.74, 6) is 0.869. The second-order valence-corrected chi connectivity index (χ2v) is 7.78. The Morgan fingerprint density at radius 3 is 2.84 bits per heavy atom. The van der Waals surface area contributed by atoms with Crippen LogP contribution in [0.2, 0.25) is 0 Å². The van der Waals surface area contributed by atoms with Gasteiger partial charge in [-0.05, 0) is 34.6 Å². The van der Waals surface area contributed by atoms with Gasteiger partial charge in [0.2, 0.25) is 11.8 Å². The second kappa shape index (κ2) is 8.46. The van der Waals surface area contributed by atoms with E-state index in [2.05, 4.69) is 49.3 Å². The van der Waals surface area contributed by atoms with E-state index in [1.807, 2.05) is 31.4 Å². The number of fused-ring (bicyclic) bond motifs is 1. The van der Waals surface area contributed by atoms with Crippen LogP contribution in [0.1, 0.15) is 42.5 Å². The van der Waals surface area contributed by atoms with Crippen LogP contribution in [-0.4, -0.2) is 62.0 Å². The van der Waals surface area contributed by atoms with Crippen molar-refractivity contribution in [2.45, 2.75) is 46.7 Å². The van der Waals surface area contributed by atoms with E-state index in [0.29, 0.717) is 24.4 Å². The van der Waals surface area contributed by atoms with Crippen LogP contribution in [0.5, 0.6) is 5.88 Å². The lowest BCUT2D eigenvalue weighted by Gasteiger charge is -2.38. The number of piperazine rings is 1. The number of ether oxygens (including phenoxy) is 1. The van der Waals surface area contributed by atoms with Crippen LogP contribution >= 0.6 is 0 Å². The Balaban J connectivity index is 1.61. The number of nitrogens with zero attached hydrogens (tertiary/aromatic N) is 6. The van der Waals surface area contributed by atoms with E-state index < -0.39 is 0 Å². The van der Waals surface area contributed by atoms with Gasteiger partial charge >= 0.3 is 0 Å². The monoisotopic (exact) mass is 424 g/mol. The fraction of sp³-hybridized carbons (Fsp3) is 0.476. The van der Waals surface area contributed by atoms with Crippen LogP contribution in [0.25, 0.3) is 5.65 Å². The predicted molar refractivity (Wildman–Crippen MR) is 118 cm³/mol. The largest absolute Gasteiger partial charge is 0.477 e. The first-order valence-electron chi connectivity index (χ1n) is 10.5. The minimum absolute atomic E-state index is 0.223. The number of amides is 1. The normalized spacial score (nSPS) is 18.9. The molecule has 3 aromatic heterocycles. The lowest BCUT2D eigenvalue weighted by Crippen LogP contribution is -2.56. The zero-order valence-corrected chi connectivity index (χ0v) is 18.5. The first-order valence-corrected chi connectivity index (χ1v) is 10.5. The molecule has 0 aliphatic carbocycles. The van der Waals surface area contributed by atoms with Gasteiger partial charge in [0, 0.05) is 37.6 Å². The molecule has 2 atom stereocenters. The molecule has 2 N–H and O–H groups in total. The number of imidazole rings is 1. The average molecular weight is 425 g/mol. The van der Waals surface area contributed by atoms with Crippen LogP contribution < -0.4 is 20.3 Å². The van der Waals surface area contributed by atoms with Gasteiger partial charge in [-0.25, -0.2) is 15.0 Å². The minimum Gasteiger partial charge on any atom is -0.477 e. The van der Waals surface area contributed by atoms with E-state index in [9.17, 15) is 4.79 Å². The molecule has 1 aliphatic heterocycles. The van der Waals surface area contributed by atoms with Crippen molar-refractivity contribution in [1.82, 2.24) is 29.7 Å². The number of aromatic nitrogens is 5. The number of carbonyl (C=O) groups is 1. The van der Waals surface area contributed by atoms with Crippen molar-refractivity contribution in [2.75, 3.05) is 29.9 Å². The Morgan fingerprint density at radius 2 is 2.06 bits per heavy atom. The molecule has 2 unspecified atom stereocenters. The number of hydrogen-bond donors (Lipinski definition) is 2. The van der Waals surface area contributed by atoms with Crippen LogP contribution in [0, 0.1) is 13.8 Å².